The molecule has 0 aromatic heterocycles. The minimum atomic E-state index is -0.863. The molecule has 6 nitrogen and oxygen atoms in total. The molecule has 1 N–H and O–H groups in total. The predicted molar refractivity (Wildman–Crippen MR) is 73.4 cm³/mol. The molecule has 1 aromatic rings. The van der Waals surface area contributed by atoms with Gasteiger partial charge in [-0.05, 0) is 19.9 Å². The third-order valence-electron chi connectivity index (χ3n) is 2.39. The Morgan fingerprint density at radius 2 is 2.16 bits per heavy atom. The summed E-state index contributed by atoms with van der Waals surface area (Å²) in [7, 11) is 0. The highest BCUT2D eigenvalue weighted by molar-refractivity contribution is 9.10. The minimum Gasteiger partial charge on any atom is -0.484 e. The molecule has 0 aliphatic heterocycles. The Balaban J connectivity index is 3.05. The van der Waals surface area contributed by atoms with Crippen molar-refractivity contribution < 1.29 is 19.5 Å². The van der Waals surface area contributed by atoms with Gasteiger partial charge in [0.2, 0.25) is 5.75 Å². The van der Waals surface area contributed by atoms with Crippen LogP contribution in [0, 0.1) is 10.1 Å². The van der Waals surface area contributed by atoms with E-state index in [0.717, 1.165) is 0 Å². The molecule has 0 aliphatic rings. The van der Waals surface area contributed by atoms with Gasteiger partial charge in [-0.1, -0.05) is 15.9 Å². The second-order valence-corrected chi connectivity index (χ2v) is 4.74. The first kappa shape index (κ1) is 15.9. The number of ether oxygens (including phenoxy) is 2. The van der Waals surface area contributed by atoms with E-state index in [4.69, 9.17) is 9.47 Å². The molecule has 19 heavy (non-hydrogen) atoms. The standard InChI is InChI=1S/C12H16BrNO5/c1-3-18-4-5-19-12-10(8(2)15)6-9(13)7-11(12)14(16)17/h6-8,15H,3-5H2,1-2H3/t8-/m0/s1. The van der Waals surface area contributed by atoms with Crippen molar-refractivity contribution in [3.05, 3.63) is 32.3 Å². The summed E-state index contributed by atoms with van der Waals surface area (Å²) in [6.07, 6.45) is -0.863. The number of nitrogens with zero attached hydrogens (tertiary/aromatic N) is 1. The van der Waals surface area contributed by atoms with Gasteiger partial charge in [-0.25, -0.2) is 0 Å². The molecule has 1 aromatic carbocycles. The van der Waals surface area contributed by atoms with Crippen LogP contribution in [0.4, 0.5) is 5.69 Å². The van der Waals surface area contributed by atoms with Crippen LogP contribution >= 0.6 is 15.9 Å². The molecule has 0 saturated carbocycles. The van der Waals surface area contributed by atoms with Gasteiger partial charge in [0.05, 0.1) is 17.6 Å². The summed E-state index contributed by atoms with van der Waals surface area (Å²) >= 11 is 3.18. The maximum atomic E-state index is 11.0. The molecule has 7 heteroatoms. The zero-order valence-electron chi connectivity index (χ0n) is 10.8. The fraction of sp³-hybridized carbons (Fsp3) is 0.500. The first-order valence-electron chi connectivity index (χ1n) is 5.83. The Labute approximate surface area is 119 Å². The quantitative estimate of drug-likeness (QED) is 0.471. The molecule has 0 amide bonds. The summed E-state index contributed by atoms with van der Waals surface area (Å²) in [5.41, 5.74) is 0.194. The molecule has 0 unspecified atom stereocenters. The molecule has 0 radical (unpaired) electrons. The fourth-order valence-electron chi connectivity index (χ4n) is 1.55. The van der Waals surface area contributed by atoms with Crippen LogP contribution < -0.4 is 4.74 Å². The summed E-state index contributed by atoms with van der Waals surface area (Å²) in [6.45, 7) is 4.46. The van der Waals surface area contributed by atoms with Gasteiger partial charge in [0.15, 0.2) is 0 Å². The Kier molecular flexibility index (Phi) is 6.20. The van der Waals surface area contributed by atoms with Gasteiger partial charge in [-0.2, -0.15) is 0 Å². The zero-order chi connectivity index (χ0) is 14.4. The molecule has 0 bridgehead atoms. The van der Waals surface area contributed by atoms with Gasteiger partial charge in [0.25, 0.3) is 0 Å². The van der Waals surface area contributed by atoms with Crippen LogP contribution in [0.1, 0.15) is 25.5 Å². The number of aliphatic hydroxyl groups excluding tert-OH is 1. The third kappa shape index (κ3) is 4.45. The third-order valence-corrected chi connectivity index (χ3v) is 2.85. The molecular weight excluding hydrogens is 318 g/mol. The highest BCUT2D eigenvalue weighted by atomic mass is 79.9. The highest BCUT2D eigenvalue weighted by Gasteiger charge is 2.23. The van der Waals surface area contributed by atoms with Gasteiger partial charge in [-0.3, -0.25) is 10.1 Å². The number of halogens is 1. The second-order valence-electron chi connectivity index (χ2n) is 3.82. The van der Waals surface area contributed by atoms with E-state index in [1.807, 2.05) is 6.92 Å². The largest absolute Gasteiger partial charge is 0.484 e. The number of hydrogen-bond acceptors (Lipinski definition) is 5. The molecule has 1 atom stereocenters. The van der Waals surface area contributed by atoms with Gasteiger partial charge in [0, 0.05) is 22.7 Å². The average Bonchev–Trinajstić information content (AvgIpc) is 2.34. The van der Waals surface area contributed by atoms with Crippen molar-refractivity contribution in [1.82, 2.24) is 0 Å². The van der Waals surface area contributed by atoms with E-state index in [9.17, 15) is 15.2 Å². The van der Waals surface area contributed by atoms with Crippen LogP contribution in [-0.2, 0) is 4.74 Å². The smallest absolute Gasteiger partial charge is 0.312 e. The van der Waals surface area contributed by atoms with E-state index < -0.39 is 11.0 Å². The minimum absolute atomic E-state index is 0.0860. The van der Waals surface area contributed by atoms with E-state index in [-0.39, 0.29) is 18.0 Å². The van der Waals surface area contributed by atoms with E-state index >= 15 is 0 Å². The molecule has 106 valence electrons. The van der Waals surface area contributed by atoms with Gasteiger partial charge < -0.3 is 14.6 Å². The summed E-state index contributed by atoms with van der Waals surface area (Å²) in [4.78, 5) is 10.5. The Bertz CT molecular complexity index is 450. The van der Waals surface area contributed by atoms with E-state index in [2.05, 4.69) is 15.9 Å². The van der Waals surface area contributed by atoms with Crippen molar-refractivity contribution in [2.45, 2.75) is 20.0 Å². The first-order chi connectivity index (χ1) is 8.97. The Morgan fingerprint density at radius 3 is 2.68 bits per heavy atom. The number of rotatable bonds is 7. The average molecular weight is 334 g/mol. The summed E-state index contributed by atoms with van der Waals surface area (Å²) < 4.78 is 11.0. The van der Waals surface area contributed by atoms with E-state index in [1.165, 1.54) is 13.0 Å². The topological polar surface area (TPSA) is 81.8 Å². The highest BCUT2D eigenvalue weighted by Crippen LogP contribution is 2.37. The normalized spacial score (nSPS) is 12.2. The second kappa shape index (κ2) is 7.42. The van der Waals surface area contributed by atoms with E-state index in [1.54, 1.807) is 6.07 Å². The van der Waals surface area contributed by atoms with E-state index in [0.29, 0.717) is 23.2 Å². The summed E-state index contributed by atoms with van der Waals surface area (Å²) in [6, 6.07) is 2.95. The van der Waals surface area contributed by atoms with Crippen LogP contribution in [0.25, 0.3) is 0 Å². The monoisotopic (exact) mass is 333 g/mol. The van der Waals surface area contributed by atoms with Crippen molar-refractivity contribution in [2.75, 3.05) is 19.8 Å². The number of benzene rings is 1. The van der Waals surface area contributed by atoms with Crippen LogP contribution in [-0.4, -0.2) is 29.9 Å². The fourth-order valence-corrected chi connectivity index (χ4v) is 2.01. The van der Waals surface area contributed by atoms with Crippen LogP contribution in [0.15, 0.2) is 16.6 Å². The molecule has 0 fully saturated rings. The Morgan fingerprint density at radius 1 is 1.47 bits per heavy atom. The number of hydrogen-bond donors (Lipinski definition) is 1. The van der Waals surface area contributed by atoms with Gasteiger partial charge >= 0.3 is 5.69 Å². The lowest BCUT2D eigenvalue weighted by atomic mass is 10.1. The molecule has 0 spiro atoms. The van der Waals surface area contributed by atoms with Gasteiger partial charge in [-0.15, -0.1) is 0 Å². The number of aliphatic hydroxyl groups is 1. The molecule has 1 rings (SSSR count). The Hall–Kier alpha value is -1.18. The van der Waals surface area contributed by atoms with Crippen molar-refractivity contribution in [3.63, 3.8) is 0 Å². The van der Waals surface area contributed by atoms with Crippen molar-refractivity contribution in [3.8, 4) is 5.75 Å². The maximum Gasteiger partial charge on any atom is 0.312 e. The van der Waals surface area contributed by atoms with Crippen molar-refractivity contribution in [1.29, 1.82) is 0 Å². The van der Waals surface area contributed by atoms with Crippen LogP contribution in [0.5, 0.6) is 5.75 Å². The van der Waals surface area contributed by atoms with Crippen molar-refractivity contribution in [2.24, 2.45) is 0 Å². The maximum absolute atomic E-state index is 11.0. The number of nitro groups is 1. The molecule has 0 heterocycles. The number of nitro benzene ring substituents is 1. The lowest BCUT2D eigenvalue weighted by Gasteiger charge is -2.14. The summed E-state index contributed by atoms with van der Waals surface area (Å²) in [5.74, 6) is 0.0860. The molecule has 0 saturated heterocycles. The lowest BCUT2D eigenvalue weighted by Crippen LogP contribution is -2.10. The van der Waals surface area contributed by atoms with Gasteiger partial charge in [0.1, 0.15) is 6.61 Å². The van der Waals surface area contributed by atoms with Crippen molar-refractivity contribution >= 4 is 21.6 Å². The SMILES string of the molecule is CCOCCOc1c([C@H](C)O)cc(Br)cc1[N+](=O)[O-]. The van der Waals surface area contributed by atoms with Crippen LogP contribution in [0.3, 0.4) is 0 Å². The van der Waals surface area contributed by atoms with Crippen LogP contribution in [0.2, 0.25) is 0 Å². The zero-order valence-corrected chi connectivity index (χ0v) is 12.3. The summed E-state index contributed by atoms with van der Waals surface area (Å²) in [5, 5.41) is 20.7. The first-order valence-corrected chi connectivity index (χ1v) is 6.63. The molecule has 0 aliphatic carbocycles. The lowest BCUT2D eigenvalue weighted by molar-refractivity contribution is -0.386. The predicted octanol–water partition coefficient (Wildman–Crippen LogP) is 2.83. The molecular formula is C12H16BrNO5.